The van der Waals surface area contributed by atoms with Crippen LogP contribution >= 0.6 is 35.2 Å². The van der Waals surface area contributed by atoms with Gasteiger partial charge in [-0.25, -0.2) is 4.98 Å². The Balaban J connectivity index is 1.91. The number of thiazole rings is 1. The fourth-order valence-electron chi connectivity index (χ4n) is 2.23. The molecule has 134 valence electrons. The molecule has 3 rings (SSSR count). The van der Waals surface area contributed by atoms with Gasteiger partial charge in [0.05, 0.1) is 15.9 Å². The van der Waals surface area contributed by atoms with E-state index in [0.29, 0.717) is 5.02 Å². The van der Waals surface area contributed by atoms with Crippen molar-refractivity contribution in [3.8, 4) is 10.6 Å². The Hall–Kier alpha value is -2.02. The van der Waals surface area contributed by atoms with Gasteiger partial charge in [0.25, 0.3) is 0 Å². The number of rotatable bonds is 2. The highest BCUT2D eigenvalue weighted by molar-refractivity contribution is 7.80. The normalized spacial score (nSPS) is 11.4. The van der Waals surface area contributed by atoms with E-state index in [1.807, 2.05) is 57.2 Å². The predicted octanol–water partition coefficient (Wildman–Crippen LogP) is 5.48. The van der Waals surface area contributed by atoms with Gasteiger partial charge >= 0.3 is 0 Å². The Bertz CT molecular complexity index is 959. The van der Waals surface area contributed by atoms with Gasteiger partial charge < -0.3 is 10.6 Å². The molecule has 0 fully saturated rings. The molecule has 2 N–H and O–H groups in total. The summed E-state index contributed by atoms with van der Waals surface area (Å²) in [5, 5.41) is 7.50. The fourth-order valence-corrected chi connectivity index (χ4v) is 3.60. The molecule has 1 amide bonds. The van der Waals surface area contributed by atoms with Crippen molar-refractivity contribution in [1.29, 1.82) is 0 Å². The number of amides is 1. The number of para-hydroxylation sites is 1. The highest BCUT2D eigenvalue weighted by atomic mass is 35.5. The minimum absolute atomic E-state index is 0.148. The summed E-state index contributed by atoms with van der Waals surface area (Å²) in [4.78, 5) is 16.8. The van der Waals surface area contributed by atoms with Crippen LogP contribution in [0.1, 0.15) is 20.8 Å². The van der Waals surface area contributed by atoms with Gasteiger partial charge in [0.1, 0.15) is 5.01 Å². The van der Waals surface area contributed by atoms with Crippen LogP contribution in [0.5, 0.6) is 0 Å². The summed E-state index contributed by atoms with van der Waals surface area (Å²) in [6, 6.07) is 13.4. The molecule has 3 aromatic rings. The van der Waals surface area contributed by atoms with Gasteiger partial charge in [-0.3, -0.25) is 4.79 Å². The topological polar surface area (TPSA) is 54.0 Å². The molecule has 0 aliphatic heterocycles. The zero-order valence-corrected chi connectivity index (χ0v) is 17.0. The fraction of sp³-hybridized carbons (Fsp3) is 0.211. The Morgan fingerprint density at radius 1 is 1.19 bits per heavy atom. The van der Waals surface area contributed by atoms with Crippen molar-refractivity contribution in [2.75, 3.05) is 5.32 Å². The zero-order valence-electron chi connectivity index (χ0n) is 14.6. The number of hydrogen-bond donors (Lipinski definition) is 2. The molecule has 0 atom stereocenters. The Labute approximate surface area is 166 Å². The maximum absolute atomic E-state index is 12.1. The molecule has 1 aromatic heterocycles. The smallest absolute Gasteiger partial charge is 0.231 e. The van der Waals surface area contributed by atoms with Crippen molar-refractivity contribution >= 4 is 62.1 Å². The van der Waals surface area contributed by atoms with E-state index in [9.17, 15) is 4.79 Å². The number of carbonyl (C=O) groups is 1. The maximum Gasteiger partial charge on any atom is 0.231 e. The molecule has 0 unspecified atom stereocenters. The van der Waals surface area contributed by atoms with Crippen molar-refractivity contribution in [3.05, 3.63) is 47.5 Å². The van der Waals surface area contributed by atoms with E-state index >= 15 is 0 Å². The lowest BCUT2D eigenvalue weighted by Gasteiger charge is -2.19. The molecular weight excluding hydrogens is 386 g/mol. The summed E-state index contributed by atoms with van der Waals surface area (Å²) < 4.78 is 1.09. The Kier molecular flexibility index (Phi) is 5.27. The Morgan fingerprint density at radius 3 is 2.62 bits per heavy atom. The van der Waals surface area contributed by atoms with E-state index < -0.39 is 5.41 Å². The van der Waals surface area contributed by atoms with E-state index in [1.54, 1.807) is 17.4 Å². The summed E-state index contributed by atoms with van der Waals surface area (Å²) in [6.45, 7) is 5.50. The third kappa shape index (κ3) is 4.20. The largest absolute Gasteiger partial charge is 0.332 e. The minimum atomic E-state index is -0.526. The van der Waals surface area contributed by atoms with Gasteiger partial charge in [0.15, 0.2) is 5.11 Å². The van der Waals surface area contributed by atoms with Crippen LogP contribution in [-0.2, 0) is 4.79 Å². The number of anilines is 1. The summed E-state index contributed by atoms with van der Waals surface area (Å²) in [5.74, 6) is -0.148. The number of nitrogens with zero attached hydrogens (tertiary/aromatic N) is 1. The molecular formula is C19H18ClN3OS2. The molecule has 7 heteroatoms. The monoisotopic (exact) mass is 403 g/mol. The third-order valence-electron chi connectivity index (χ3n) is 3.66. The highest BCUT2D eigenvalue weighted by Gasteiger charge is 2.22. The van der Waals surface area contributed by atoms with E-state index in [-0.39, 0.29) is 11.0 Å². The van der Waals surface area contributed by atoms with Crippen molar-refractivity contribution in [2.45, 2.75) is 20.8 Å². The average Bonchev–Trinajstić information content (AvgIpc) is 2.99. The number of nitrogens with one attached hydrogen (secondary N) is 2. The molecule has 0 radical (unpaired) electrons. The quantitative estimate of drug-likeness (QED) is 0.556. The first kappa shape index (κ1) is 18.8. The number of fused-ring (bicyclic) bond motifs is 1. The molecule has 0 bridgehead atoms. The first-order chi connectivity index (χ1) is 12.2. The first-order valence-electron chi connectivity index (χ1n) is 8.02. The van der Waals surface area contributed by atoms with Crippen molar-refractivity contribution in [1.82, 2.24) is 10.3 Å². The number of thiocarbonyl (C=S) groups is 1. The summed E-state index contributed by atoms with van der Waals surface area (Å²) in [7, 11) is 0. The van der Waals surface area contributed by atoms with Gasteiger partial charge in [-0.05, 0) is 42.5 Å². The number of benzene rings is 2. The number of carbonyl (C=O) groups excluding carboxylic acids is 1. The van der Waals surface area contributed by atoms with Crippen LogP contribution in [0.25, 0.3) is 20.8 Å². The van der Waals surface area contributed by atoms with Crippen molar-refractivity contribution in [2.24, 2.45) is 5.41 Å². The van der Waals surface area contributed by atoms with Crippen LogP contribution in [0.4, 0.5) is 5.69 Å². The molecule has 0 saturated heterocycles. The molecule has 1 heterocycles. The molecule has 4 nitrogen and oxygen atoms in total. The molecule has 0 saturated carbocycles. The average molecular weight is 404 g/mol. The van der Waals surface area contributed by atoms with E-state index in [2.05, 4.69) is 15.6 Å². The maximum atomic E-state index is 12.1. The second-order valence-corrected chi connectivity index (χ2v) is 8.71. The SMILES string of the molecule is CC(C)(C)C(=O)NC(=S)Nc1ccc(Cl)cc1-c1nc2ccccc2s1. The lowest BCUT2D eigenvalue weighted by atomic mass is 9.96. The predicted molar refractivity (Wildman–Crippen MR) is 114 cm³/mol. The zero-order chi connectivity index (χ0) is 18.9. The van der Waals surface area contributed by atoms with Crippen LogP contribution in [-0.4, -0.2) is 16.0 Å². The van der Waals surface area contributed by atoms with Gasteiger partial charge in [0, 0.05) is 16.0 Å². The van der Waals surface area contributed by atoms with Crippen LogP contribution < -0.4 is 10.6 Å². The van der Waals surface area contributed by atoms with Gasteiger partial charge in [-0.1, -0.05) is 44.5 Å². The molecule has 0 aliphatic carbocycles. The lowest BCUT2D eigenvalue weighted by Crippen LogP contribution is -2.41. The highest BCUT2D eigenvalue weighted by Crippen LogP contribution is 2.36. The molecule has 0 spiro atoms. The summed E-state index contributed by atoms with van der Waals surface area (Å²) in [5.41, 5.74) is 1.99. The van der Waals surface area contributed by atoms with Gasteiger partial charge in [-0.2, -0.15) is 0 Å². The third-order valence-corrected chi connectivity index (χ3v) is 5.17. The van der Waals surface area contributed by atoms with Crippen LogP contribution in [0.15, 0.2) is 42.5 Å². The second-order valence-electron chi connectivity index (χ2n) is 6.83. The lowest BCUT2D eigenvalue weighted by molar-refractivity contribution is -0.126. The van der Waals surface area contributed by atoms with E-state index in [1.165, 1.54) is 0 Å². The number of halogens is 1. The van der Waals surface area contributed by atoms with Gasteiger partial charge in [-0.15, -0.1) is 11.3 Å². The van der Waals surface area contributed by atoms with Crippen LogP contribution in [0.2, 0.25) is 5.02 Å². The van der Waals surface area contributed by atoms with Crippen LogP contribution in [0, 0.1) is 5.41 Å². The first-order valence-corrected chi connectivity index (χ1v) is 9.62. The van der Waals surface area contributed by atoms with Crippen molar-refractivity contribution < 1.29 is 4.79 Å². The standard InChI is InChI=1S/C19H18ClN3OS2/c1-19(2,3)17(24)23-18(25)22-13-9-8-11(20)10-12(13)16-21-14-6-4-5-7-15(14)26-16/h4-10H,1-3H3,(H2,22,23,24,25). The molecule has 2 aromatic carbocycles. The van der Waals surface area contributed by atoms with E-state index in [0.717, 1.165) is 26.5 Å². The van der Waals surface area contributed by atoms with Crippen LogP contribution in [0.3, 0.4) is 0 Å². The summed E-state index contributed by atoms with van der Waals surface area (Å²) >= 11 is 13.1. The molecule has 26 heavy (non-hydrogen) atoms. The number of aromatic nitrogens is 1. The van der Waals surface area contributed by atoms with E-state index in [4.69, 9.17) is 23.8 Å². The Morgan fingerprint density at radius 2 is 1.92 bits per heavy atom. The minimum Gasteiger partial charge on any atom is -0.332 e. The van der Waals surface area contributed by atoms with Gasteiger partial charge in [0.2, 0.25) is 5.91 Å². The summed E-state index contributed by atoms with van der Waals surface area (Å²) in [6.07, 6.45) is 0. The second kappa shape index (κ2) is 7.31. The number of hydrogen-bond acceptors (Lipinski definition) is 4. The molecule has 0 aliphatic rings. The van der Waals surface area contributed by atoms with Crippen molar-refractivity contribution in [3.63, 3.8) is 0 Å².